The molecule has 1 heterocycles. The van der Waals surface area contributed by atoms with Crippen molar-refractivity contribution in [3.05, 3.63) is 54.0 Å². The molecule has 0 radical (unpaired) electrons. The number of ether oxygens (including phenoxy) is 1. The van der Waals surface area contributed by atoms with Crippen molar-refractivity contribution in [1.29, 1.82) is 0 Å². The maximum Gasteiger partial charge on any atom is 0.237 e. The van der Waals surface area contributed by atoms with Gasteiger partial charge in [0.15, 0.2) is 0 Å². The number of methoxy groups -OCH3 is 1. The average Bonchev–Trinajstić information content (AvgIpc) is 3.39. The molecule has 1 aromatic heterocycles. The number of hydrogen-bond donors (Lipinski definition) is 1. The van der Waals surface area contributed by atoms with Crippen molar-refractivity contribution < 1.29 is 18.7 Å². The van der Waals surface area contributed by atoms with Gasteiger partial charge in [0, 0.05) is 12.6 Å². The molecule has 3 rings (SSSR count). The van der Waals surface area contributed by atoms with Crippen LogP contribution in [0.15, 0.2) is 47.1 Å². The van der Waals surface area contributed by atoms with Crippen LogP contribution in [-0.4, -0.2) is 54.9 Å². The third-order valence-electron chi connectivity index (χ3n) is 4.68. The molecule has 0 spiro atoms. The summed E-state index contributed by atoms with van der Waals surface area (Å²) in [6, 6.07) is 11.7. The molecule has 1 fully saturated rings. The summed E-state index contributed by atoms with van der Waals surface area (Å²) in [5, 5.41) is 2.79. The second-order valence-corrected chi connectivity index (χ2v) is 7.13. The van der Waals surface area contributed by atoms with E-state index in [2.05, 4.69) is 5.32 Å². The summed E-state index contributed by atoms with van der Waals surface area (Å²) in [5.41, 5.74) is 1.07. The molecule has 1 aliphatic carbocycles. The smallest absolute Gasteiger partial charge is 0.237 e. The van der Waals surface area contributed by atoms with E-state index < -0.39 is 0 Å². The van der Waals surface area contributed by atoms with Crippen molar-refractivity contribution in [2.45, 2.75) is 32.0 Å². The molecule has 1 aromatic carbocycles. The highest BCUT2D eigenvalue weighted by Gasteiger charge is 2.32. The Morgan fingerprint density at radius 2 is 1.93 bits per heavy atom. The molecule has 1 saturated carbocycles. The van der Waals surface area contributed by atoms with Gasteiger partial charge in [-0.05, 0) is 49.7 Å². The van der Waals surface area contributed by atoms with Gasteiger partial charge in [0.25, 0.3) is 0 Å². The monoisotopic (exact) mass is 385 g/mol. The van der Waals surface area contributed by atoms with E-state index in [0.717, 1.165) is 24.2 Å². The molecule has 0 unspecified atom stereocenters. The predicted molar refractivity (Wildman–Crippen MR) is 105 cm³/mol. The van der Waals surface area contributed by atoms with E-state index in [9.17, 15) is 9.59 Å². The van der Waals surface area contributed by atoms with Crippen LogP contribution in [-0.2, 0) is 22.7 Å². The maximum atomic E-state index is 12.8. The lowest BCUT2D eigenvalue weighted by Gasteiger charge is -2.25. The standard InChI is InChI=1S/C21H27N3O4/c1-23(14-20(25)22-12-19-4-3-11-28-19)15-21(26)24(17-7-8-17)13-16-5-9-18(27-2)10-6-16/h3-6,9-11,17H,7-8,12-15H2,1-2H3,(H,22,25). The van der Waals surface area contributed by atoms with Crippen molar-refractivity contribution in [2.75, 3.05) is 27.2 Å². The molecule has 7 nitrogen and oxygen atoms in total. The topological polar surface area (TPSA) is 75.0 Å². The average molecular weight is 385 g/mol. The van der Waals surface area contributed by atoms with E-state index in [-0.39, 0.29) is 24.9 Å². The van der Waals surface area contributed by atoms with Gasteiger partial charge in [-0.3, -0.25) is 14.5 Å². The molecular formula is C21H27N3O4. The lowest BCUT2D eigenvalue weighted by atomic mass is 10.2. The highest BCUT2D eigenvalue weighted by molar-refractivity contribution is 5.81. The quantitative estimate of drug-likeness (QED) is 0.677. The van der Waals surface area contributed by atoms with Gasteiger partial charge in [-0.15, -0.1) is 0 Å². The first kappa shape index (κ1) is 19.9. The van der Waals surface area contributed by atoms with Crippen molar-refractivity contribution in [1.82, 2.24) is 15.1 Å². The summed E-state index contributed by atoms with van der Waals surface area (Å²) < 4.78 is 10.4. The second kappa shape index (κ2) is 9.41. The van der Waals surface area contributed by atoms with Crippen LogP contribution in [0.4, 0.5) is 0 Å². The van der Waals surface area contributed by atoms with Gasteiger partial charge in [-0.2, -0.15) is 0 Å². The molecule has 0 atom stereocenters. The Bertz CT molecular complexity index is 769. The van der Waals surface area contributed by atoms with Crippen LogP contribution in [0.25, 0.3) is 0 Å². The van der Waals surface area contributed by atoms with Crippen LogP contribution in [0, 0.1) is 0 Å². The molecule has 0 aliphatic heterocycles. The number of carbonyl (C=O) groups is 2. The minimum absolute atomic E-state index is 0.0413. The zero-order valence-corrected chi connectivity index (χ0v) is 16.4. The zero-order valence-electron chi connectivity index (χ0n) is 16.4. The number of likely N-dealkylation sites (N-methyl/N-ethyl adjacent to an activating group) is 1. The number of nitrogens with one attached hydrogen (secondary N) is 1. The Morgan fingerprint density at radius 3 is 2.54 bits per heavy atom. The van der Waals surface area contributed by atoms with Crippen molar-refractivity contribution >= 4 is 11.8 Å². The number of carbonyl (C=O) groups excluding carboxylic acids is 2. The fraction of sp³-hybridized carbons (Fsp3) is 0.429. The Morgan fingerprint density at radius 1 is 1.18 bits per heavy atom. The molecule has 7 heteroatoms. The number of hydrogen-bond acceptors (Lipinski definition) is 5. The Hall–Kier alpha value is -2.80. The zero-order chi connectivity index (χ0) is 19.9. The van der Waals surface area contributed by atoms with Gasteiger partial charge in [0.1, 0.15) is 11.5 Å². The maximum absolute atomic E-state index is 12.8. The van der Waals surface area contributed by atoms with E-state index in [0.29, 0.717) is 24.9 Å². The van der Waals surface area contributed by atoms with E-state index in [1.54, 1.807) is 37.5 Å². The Balaban J connectivity index is 1.48. The number of rotatable bonds is 10. The molecule has 2 aromatic rings. The van der Waals surface area contributed by atoms with E-state index in [1.165, 1.54) is 0 Å². The lowest BCUT2D eigenvalue weighted by molar-refractivity contribution is -0.133. The first-order chi connectivity index (χ1) is 13.5. The van der Waals surface area contributed by atoms with Crippen LogP contribution in [0.2, 0.25) is 0 Å². The summed E-state index contributed by atoms with van der Waals surface area (Å²) in [6.07, 6.45) is 3.64. The largest absolute Gasteiger partial charge is 0.497 e. The van der Waals surface area contributed by atoms with Crippen LogP contribution < -0.4 is 10.1 Å². The summed E-state index contributed by atoms with van der Waals surface area (Å²) in [4.78, 5) is 28.5. The SMILES string of the molecule is COc1ccc(CN(C(=O)CN(C)CC(=O)NCc2ccco2)C2CC2)cc1. The van der Waals surface area contributed by atoms with Gasteiger partial charge >= 0.3 is 0 Å². The van der Waals surface area contributed by atoms with Crippen LogP contribution in [0.1, 0.15) is 24.2 Å². The Labute approximate surface area is 165 Å². The predicted octanol–water partition coefficient (Wildman–Crippen LogP) is 2.03. The molecule has 2 amide bonds. The number of amides is 2. The van der Waals surface area contributed by atoms with Gasteiger partial charge < -0.3 is 19.4 Å². The van der Waals surface area contributed by atoms with E-state index >= 15 is 0 Å². The summed E-state index contributed by atoms with van der Waals surface area (Å²) in [6.45, 7) is 1.29. The Kier molecular flexibility index (Phi) is 6.71. The molecule has 1 aliphatic rings. The molecular weight excluding hydrogens is 358 g/mol. The highest BCUT2D eigenvalue weighted by atomic mass is 16.5. The summed E-state index contributed by atoms with van der Waals surface area (Å²) in [7, 11) is 3.42. The molecule has 28 heavy (non-hydrogen) atoms. The fourth-order valence-electron chi connectivity index (χ4n) is 3.01. The number of nitrogens with zero attached hydrogens (tertiary/aromatic N) is 2. The van der Waals surface area contributed by atoms with Gasteiger partial charge in [-0.25, -0.2) is 0 Å². The van der Waals surface area contributed by atoms with Crippen molar-refractivity contribution in [2.24, 2.45) is 0 Å². The number of furan rings is 1. The summed E-state index contributed by atoms with van der Waals surface area (Å²) in [5.74, 6) is 1.40. The minimum Gasteiger partial charge on any atom is -0.497 e. The molecule has 150 valence electrons. The van der Waals surface area contributed by atoms with E-state index in [1.807, 2.05) is 29.2 Å². The first-order valence-corrected chi connectivity index (χ1v) is 9.45. The van der Waals surface area contributed by atoms with Crippen LogP contribution in [0.5, 0.6) is 5.75 Å². The fourth-order valence-corrected chi connectivity index (χ4v) is 3.01. The minimum atomic E-state index is -0.139. The van der Waals surface area contributed by atoms with Crippen LogP contribution >= 0.6 is 0 Å². The second-order valence-electron chi connectivity index (χ2n) is 7.13. The lowest BCUT2D eigenvalue weighted by Crippen LogP contribution is -2.43. The molecule has 0 saturated heterocycles. The normalized spacial score (nSPS) is 13.4. The first-order valence-electron chi connectivity index (χ1n) is 9.45. The van der Waals surface area contributed by atoms with Gasteiger partial charge in [-0.1, -0.05) is 12.1 Å². The molecule has 1 N–H and O–H groups in total. The highest BCUT2D eigenvalue weighted by Crippen LogP contribution is 2.29. The molecule has 0 bridgehead atoms. The number of benzene rings is 1. The van der Waals surface area contributed by atoms with Crippen LogP contribution in [0.3, 0.4) is 0 Å². The summed E-state index contributed by atoms with van der Waals surface area (Å²) >= 11 is 0. The van der Waals surface area contributed by atoms with Crippen molar-refractivity contribution in [3.63, 3.8) is 0 Å². The van der Waals surface area contributed by atoms with Gasteiger partial charge in [0.05, 0.1) is 33.0 Å². The third kappa shape index (κ3) is 5.85. The van der Waals surface area contributed by atoms with Gasteiger partial charge in [0.2, 0.25) is 11.8 Å². The third-order valence-corrected chi connectivity index (χ3v) is 4.68. The van der Waals surface area contributed by atoms with Crippen molar-refractivity contribution in [3.8, 4) is 5.75 Å². The van der Waals surface area contributed by atoms with E-state index in [4.69, 9.17) is 9.15 Å².